The average Bonchev–Trinajstić information content (AvgIpc) is 2.87. The van der Waals surface area contributed by atoms with Crippen LogP contribution in [0.2, 0.25) is 10.0 Å². The van der Waals surface area contributed by atoms with Gasteiger partial charge in [-0.25, -0.2) is 0 Å². The number of halogens is 2. The summed E-state index contributed by atoms with van der Waals surface area (Å²) in [5.41, 5.74) is 2.16. The van der Waals surface area contributed by atoms with Gasteiger partial charge < -0.3 is 5.21 Å². The molecule has 106 valence electrons. The van der Waals surface area contributed by atoms with Crippen LogP contribution < -0.4 is 0 Å². The lowest BCUT2D eigenvalue weighted by molar-refractivity contribution is 0.154. The summed E-state index contributed by atoms with van der Waals surface area (Å²) in [5, 5.41) is 14.1. The Hall–Kier alpha value is -0.770. The number of rotatable bonds is 1. The van der Waals surface area contributed by atoms with Gasteiger partial charge in [0.2, 0.25) is 0 Å². The molecule has 3 fully saturated rings. The van der Waals surface area contributed by atoms with Gasteiger partial charge in [0.25, 0.3) is 0 Å². The summed E-state index contributed by atoms with van der Waals surface area (Å²) >= 11 is 12.2. The quantitative estimate of drug-likeness (QED) is 0.633. The zero-order valence-corrected chi connectivity index (χ0v) is 12.5. The number of benzene rings is 1. The SMILES string of the molecule is O/N=C1/CN2C3CCC2C1C(c1ccc(Cl)c(Cl)c1)C3. The minimum atomic E-state index is 0.330. The molecular formula is C15H16Cl2N2O. The van der Waals surface area contributed by atoms with Crippen molar-refractivity contribution in [2.75, 3.05) is 6.54 Å². The van der Waals surface area contributed by atoms with Gasteiger partial charge in [-0.05, 0) is 42.9 Å². The van der Waals surface area contributed by atoms with Gasteiger partial charge >= 0.3 is 0 Å². The Balaban J connectivity index is 1.76. The molecule has 20 heavy (non-hydrogen) atoms. The second-order valence-corrected chi connectivity index (χ2v) is 6.92. The molecule has 0 radical (unpaired) electrons. The minimum Gasteiger partial charge on any atom is -0.411 e. The summed E-state index contributed by atoms with van der Waals surface area (Å²) < 4.78 is 0. The second-order valence-electron chi connectivity index (χ2n) is 6.10. The van der Waals surface area contributed by atoms with Gasteiger partial charge in [0.05, 0.1) is 15.8 Å². The molecule has 1 aromatic rings. The van der Waals surface area contributed by atoms with Crippen LogP contribution in [0.1, 0.15) is 30.7 Å². The van der Waals surface area contributed by atoms with Crippen molar-refractivity contribution >= 4 is 28.9 Å². The maximum atomic E-state index is 9.32. The maximum Gasteiger partial charge on any atom is 0.0763 e. The average molecular weight is 311 g/mol. The number of oxime groups is 1. The third-order valence-electron chi connectivity index (χ3n) is 5.29. The summed E-state index contributed by atoms with van der Waals surface area (Å²) in [4.78, 5) is 2.52. The molecule has 0 spiro atoms. The molecule has 0 amide bonds. The fourth-order valence-electron chi connectivity index (χ4n) is 4.49. The smallest absolute Gasteiger partial charge is 0.0763 e. The molecule has 3 aliphatic rings. The second kappa shape index (κ2) is 4.62. The van der Waals surface area contributed by atoms with Crippen LogP contribution in [0.25, 0.3) is 0 Å². The van der Waals surface area contributed by atoms with Gasteiger partial charge in [-0.3, -0.25) is 4.90 Å². The van der Waals surface area contributed by atoms with E-state index < -0.39 is 0 Å². The van der Waals surface area contributed by atoms with Crippen LogP contribution >= 0.6 is 23.2 Å². The van der Waals surface area contributed by atoms with Gasteiger partial charge in [-0.15, -0.1) is 0 Å². The van der Waals surface area contributed by atoms with E-state index in [1.54, 1.807) is 0 Å². The van der Waals surface area contributed by atoms with E-state index in [1.807, 2.05) is 12.1 Å². The molecule has 3 aliphatic heterocycles. The normalized spacial score (nSPS) is 40.5. The van der Waals surface area contributed by atoms with Crippen LogP contribution in [-0.4, -0.2) is 34.4 Å². The minimum absolute atomic E-state index is 0.330. The van der Waals surface area contributed by atoms with E-state index in [-0.39, 0.29) is 0 Å². The maximum absolute atomic E-state index is 9.32. The van der Waals surface area contributed by atoms with Crippen molar-refractivity contribution in [3.05, 3.63) is 33.8 Å². The molecule has 4 bridgehead atoms. The van der Waals surface area contributed by atoms with Crippen molar-refractivity contribution in [1.29, 1.82) is 0 Å². The van der Waals surface area contributed by atoms with Crippen molar-refractivity contribution in [2.24, 2.45) is 11.1 Å². The fraction of sp³-hybridized carbons (Fsp3) is 0.533. The first-order valence-electron chi connectivity index (χ1n) is 7.10. The third-order valence-corrected chi connectivity index (χ3v) is 6.03. The van der Waals surface area contributed by atoms with Crippen LogP contribution in [0.3, 0.4) is 0 Å². The first-order chi connectivity index (χ1) is 9.69. The first kappa shape index (κ1) is 12.9. The van der Waals surface area contributed by atoms with E-state index in [2.05, 4.69) is 16.1 Å². The highest BCUT2D eigenvalue weighted by Crippen LogP contribution is 2.51. The molecule has 0 aromatic heterocycles. The molecule has 1 N–H and O–H groups in total. The molecule has 1 aromatic carbocycles. The Labute approximate surface area is 128 Å². The van der Waals surface area contributed by atoms with Crippen molar-refractivity contribution in [2.45, 2.75) is 37.3 Å². The highest BCUT2D eigenvalue weighted by molar-refractivity contribution is 6.42. The van der Waals surface area contributed by atoms with Crippen LogP contribution in [0, 0.1) is 5.92 Å². The van der Waals surface area contributed by atoms with Crippen molar-refractivity contribution in [3.63, 3.8) is 0 Å². The Bertz CT molecular complexity index is 589. The van der Waals surface area contributed by atoms with E-state index in [0.717, 1.165) is 18.7 Å². The van der Waals surface area contributed by atoms with Gasteiger partial charge in [0, 0.05) is 24.5 Å². The molecule has 5 heteroatoms. The topological polar surface area (TPSA) is 35.8 Å². The Morgan fingerprint density at radius 3 is 2.80 bits per heavy atom. The van der Waals surface area contributed by atoms with Gasteiger partial charge in [0.1, 0.15) is 0 Å². The lowest BCUT2D eigenvalue weighted by atomic mass is 9.77. The summed E-state index contributed by atoms with van der Waals surface area (Å²) in [5.74, 6) is 0.725. The Morgan fingerprint density at radius 2 is 2.05 bits per heavy atom. The largest absolute Gasteiger partial charge is 0.411 e. The number of nitrogens with zero attached hydrogens (tertiary/aromatic N) is 2. The van der Waals surface area contributed by atoms with Crippen LogP contribution in [0.4, 0.5) is 0 Å². The molecule has 3 saturated heterocycles. The van der Waals surface area contributed by atoms with Crippen LogP contribution in [0.5, 0.6) is 0 Å². The van der Waals surface area contributed by atoms with E-state index in [9.17, 15) is 5.21 Å². The van der Waals surface area contributed by atoms with Crippen molar-refractivity contribution in [1.82, 2.24) is 4.90 Å². The van der Waals surface area contributed by atoms with E-state index >= 15 is 0 Å². The third kappa shape index (κ3) is 1.73. The zero-order valence-electron chi connectivity index (χ0n) is 11.0. The summed E-state index contributed by atoms with van der Waals surface area (Å²) in [6, 6.07) is 7.09. The van der Waals surface area contributed by atoms with Crippen molar-refractivity contribution in [3.8, 4) is 0 Å². The van der Waals surface area contributed by atoms with Gasteiger partial charge in [-0.2, -0.15) is 0 Å². The number of piperidine rings is 1. The highest BCUT2D eigenvalue weighted by atomic mass is 35.5. The van der Waals surface area contributed by atoms with Crippen molar-refractivity contribution < 1.29 is 5.21 Å². The number of hydrogen-bond donors (Lipinski definition) is 1. The van der Waals surface area contributed by atoms with Crippen LogP contribution in [-0.2, 0) is 0 Å². The molecular weight excluding hydrogens is 295 g/mol. The van der Waals surface area contributed by atoms with Crippen LogP contribution in [0.15, 0.2) is 23.4 Å². The molecule has 0 saturated carbocycles. The standard InChI is InChI=1S/C15H16Cl2N2O/c16-11-3-1-8(5-12(11)17)10-6-9-2-4-14-15(10)13(18-20)7-19(9)14/h1,3,5,9-10,14-15,20H,2,4,6-7H2/b18-13-. The molecule has 0 aliphatic carbocycles. The predicted molar refractivity (Wildman–Crippen MR) is 80.0 cm³/mol. The monoisotopic (exact) mass is 310 g/mol. The fourth-order valence-corrected chi connectivity index (χ4v) is 4.80. The first-order valence-corrected chi connectivity index (χ1v) is 7.86. The Morgan fingerprint density at radius 1 is 1.20 bits per heavy atom. The molecule has 4 rings (SSSR count). The molecule has 3 heterocycles. The predicted octanol–water partition coefficient (Wildman–Crippen LogP) is 3.77. The molecule has 5 unspecified atom stereocenters. The summed E-state index contributed by atoms with van der Waals surface area (Å²) in [6.45, 7) is 0.828. The Kier molecular flexibility index (Phi) is 2.99. The summed E-state index contributed by atoms with van der Waals surface area (Å²) in [6.07, 6.45) is 3.60. The summed E-state index contributed by atoms with van der Waals surface area (Å²) in [7, 11) is 0. The number of hydrogen-bond acceptors (Lipinski definition) is 3. The van der Waals surface area contributed by atoms with Gasteiger partial charge in [-0.1, -0.05) is 34.4 Å². The zero-order chi connectivity index (χ0) is 13.9. The van der Waals surface area contributed by atoms with E-state index in [4.69, 9.17) is 23.2 Å². The lowest BCUT2D eigenvalue weighted by Crippen LogP contribution is -2.40. The van der Waals surface area contributed by atoms with E-state index in [1.165, 1.54) is 18.4 Å². The molecule has 3 nitrogen and oxygen atoms in total. The highest BCUT2D eigenvalue weighted by Gasteiger charge is 2.54. The lowest BCUT2D eigenvalue weighted by Gasteiger charge is -2.36. The van der Waals surface area contributed by atoms with E-state index in [0.29, 0.717) is 34.0 Å². The molecule has 5 atom stereocenters. The van der Waals surface area contributed by atoms with Gasteiger partial charge in [0.15, 0.2) is 0 Å².